The smallest absolute Gasteiger partial charge is 0.416 e. The number of ether oxygens (including phenoxy) is 2. The highest BCUT2D eigenvalue weighted by Crippen LogP contribution is 2.46. The molecule has 18 heteroatoms. The van der Waals surface area contributed by atoms with Crippen molar-refractivity contribution >= 4 is 41.0 Å². The molecule has 2 aromatic heterocycles. The zero-order chi connectivity index (χ0) is 34.7. The summed E-state index contributed by atoms with van der Waals surface area (Å²) >= 11 is 6.08. The van der Waals surface area contributed by atoms with Crippen molar-refractivity contribution in [3.05, 3.63) is 76.0 Å². The fourth-order valence-electron chi connectivity index (χ4n) is 6.47. The van der Waals surface area contributed by atoms with Gasteiger partial charge in [-0.2, -0.15) is 18.0 Å². The van der Waals surface area contributed by atoms with Gasteiger partial charge in [-0.25, -0.2) is 14.1 Å². The van der Waals surface area contributed by atoms with Gasteiger partial charge in [-0.05, 0) is 42.3 Å². The Morgan fingerprint density at radius 3 is 2.76 bits per heavy atom. The number of nitrogens with zero attached hydrogens (tertiary/aromatic N) is 6. The molecule has 3 atom stereocenters. The molecule has 2 N–H and O–H groups in total. The molecule has 0 saturated carbocycles. The lowest BCUT2D eigenvalue weighted by Gasteiger charge is -2.41. The number of nitrogens with one attached hydrogen (secondary N) is 1. The van der Waals surface area contributed by atoms with Crippen LogP contribution in [0, 0.1) is 0 Å². The lowest BCUT2D eigenvalue weighted by molar-refractivity contribution is -0.137. The van der Waals surface area contributed by atoms with E-state index in [1.165, 1.54) is 28.1 Å². The van der Waals surface area contributed by atoms with Crippen molar-refractivity contribution in [1.82, 2.24) is 29.4 Å². The van der Waals surface area contributed by atoms with Crippen LogP contribution in [0.5, 0.6) is 5.75 Å². The quantitative estimate of drug-likeness (QED) is 0.265. The highest BCUT2D eigenvalue weighted by atomic mass is 35.5. The summed E-state index contributed by atoms with van der Waals surface area (Å²) in [7, 11) is 0. The maximum atomic E-state index is 16.2. The fourth-order valence-corrected chi connectivity index (χ4v) is 6.70. The third-order valence-electron chi connectivity index (χ3n) is 9.03. The van der Waals surface area contributed by atoms with Crippen LogP contribution in [0.2, 0.25) is 5.02 Å². The van der Waals surface area contributed by atoms with Crippen molar-refractivity contribution < 1.29 is 46.5 Å². The van der Waals surface area contributed by atoms with Gasteiger partial charge in [0.1, 0.15) is 17.9 Å². The van der Waals surface area contributed by atoms with Crippen LogP contribution in [0.4, 0.5) is 23.2 Å². The molecule has 0 bridgehead atoms. The number of hydrogen-bond acceptors (Lipinski definition) is 9. The second-order valence-corrected chi connectivity index (χ2v) is 12.3. The molecule has 1 aromatic carbocycles. The summed E-state index contributed by atoms with van der Waals surface area (Å²) in [5, 5.41) is 16.8. The van der Waals surface area contributed by atoms with E-state index < -0.39 is 54.7 Å². The number of aromatic hydroxyl groups is 1. The minimum atomic E-state index is -4.64. The van der Waals surface area contributed by atoms with Crippen molar-refractivity contribution in [1.29, 1.82) is 0 Å². The molecule has 258 valence electrons. The van der Waals surface area contributed by atoms with Crippen LogP contribution in [0.15, 0.2) is 53.9 Å². The normalized spacial score (nSPS) is 23.4. The van der Waals surface area contributed by atoms with Gasteiger partial charge in [0.05, 0.1) is 48.3 Å². The number of pyridine rings is 1. The van der Waals surface area contributed by atoms with Gasteiger partial charge in [-0.3, -0.25) is 14.4 Å². The van der Waals surface area contributed by atoms with E-state index >= 15 is 4.39 Å². The highest BCUT2D eigenvalue weighted by molar-refractivity contribution is 6.33. The molecule has 2 amide bonds. The molecule has 0 aliphatic carbocycles. The maximum Gasteiger partial charge on any atom is 0.416 e. The first-order valence-electron chi connectivity index (χ1n) is 15.2. The van der Waals surface area contributed by atoms with Gasteiger partial charge >= 0.3 is 6.18 Å². The van der Waals surface area contributed by atoms with E-state index in [1.807, 2.05) is 6.08 Å². The van der Waals surface area contributed by atoms with E-state index in [1.54, 1.807) is 9.48 Å². The zero-order valence-corrected chi connectivity index (χ0v) is 26.2. The standard InChI is InChI=1S/C31H28ClF4N7O6/c32-20-12-18(31(34,35)36)3-4-21(20)38-25(46)14-41(29-42-27(39-43(29)42)17-5-10-48-11-6-17)22-16-49-30(19(22)15-44)7-9-40(13-24(30)33)28(47)26-23(45)2-1-8-37-26/h1-5,8,12,15,24,29,45H,6-7,9-11,13-14,16H2,(H,38,46). The Morgan fingerprint density at radius 2 is 2.08 bits per heavy atom. The molecule has 49 heavy (non-hydrogen) atoms. The predicted octanol–water partition coefficient (Wildman–Crippen LogP) is 3.63. The van der Waals surface area contributed by atoms with Crippen LogP contribution in [0.25, 0.3) is 5.57 Å². The third kappa shape index (κ3) is 5.74. The molecule has 1 saturated heterocycles. The SMILES string of the molecule is O=CC1=C(N(CC(=O)Nc2ccc(C(F)(F)F)cc2Cl)C2n3nc(C4=CCOCC4)n32)COC12CCN(C(=O)c1ncccc1O)CC2F. The van der Waals surface area contributed by atoms with Gasteiger partial charge in [0.25, 0.3) is 5.91 Å². The minimum Gasteiger partial charge on any atom is -0.505 e. The van der Waals surface area contributed by atoms with Crippen molar-refractivity contribution in [3.63, 3.8) is 0 Å². The molecule has 3 aromatic rings. The first kappa shape index (κ1) is 32.8. The molecule has 4 aliphatic heterocycles. The monoisotopic (exact) mass is 705 g/mol. The minimum absolute atomic E-state index is 0.0298. The Morgan fingerprint density at radius 1 is 1.27 bits per heavy atom. The van der Waals surface area contributed by atoms with Gasteiger partial charge in [0.15, 0.2) is 24.0 Å². The van der Waals surface area contributed by atoms with Gasteiger partial charge in [-0.1, -0.05) is 17.7 Å². The number of anilines is 1. The summed E-state index contributed by atoms with van der Waals surface area (Å²) in [5.41, 5.74) is -1.94. The van der Waals surface area contributed by atoms with E-state index in [2.05, 4.69) is 15.4 Å². The second kappa shape index (κ2) is 12.3. The summed E-state index contributed by atoms with van der Waals surface area (Å²) < 4.78 is 68.9. The number of hydrogen-bond donors (Lipinski definition) is 2. The van der Waals surface area contributed by atoms with Crippen LogP contribution in [-0.2, 0) is 25.2 Å². The largest absolute Gasteiger partial charge is 0.505 e. The van der Waals surface area contributed by atoms with Crippen molar-refractivity contribution in [2.24, 2.45) is 0 Å². The molecule has 7 rings (SSSR count). The molecular formula is C31H28ClF4N7O6. The van der Waals surface area contributed by atoms with E-state index in [0.29, 0.717) is 37.8 Å². The summed E-state index contributed by atoms with van der Waals surface area (Å²) in [4.78, 5) is 47.4. The number of likely N-dealkylation sites (tertiary alicyclic amines) is 1. The van der Waals surface area contributed by atoms with Crippen molar-refractivity contribution in [2.45, 2.75) is 37.1 Å². The molecule has 13 nitrogen and oxygen atoms in total. The Hall–Kier alpha value is -4.74. The van der Waals surface area contributed by atoms with Crippen LogP contribution >= 0.6 is 11.6 Å². The molecular weight excluding hydrogens is 678 g/mol. The van der Waals surface area contributed by atoms with Crippen LogP contribution in [0.1, 0.15) is 41.0 Å². The van der Waals surface area contributed by atoms with Crippen LogP contribution < -0.4 is 5.32 Å². The molecule has 4 aliphatic rings. The number of aldehydes is 1. The number of fused-ring (bicyclic) bond motifs is 1. The summed E-state index contributed by atoms with van der Waals surface area (Å²) in [6.45, 7) is -0.289. The fraction of sp³-hybridized carbons (Fsp3) is 0.387. The number of aromatic nitrogens is 4. The Bertz CT molecular complexity index is 1910. The first-order chi connectivity index (χ1) is 23.4. The molecule has 1 spiro atoms. The van der Waals surface area contributed by atoms with Crippen LogP contribution in [-0.4, -0.2) is 104 Å². The Balaban J connectivity index is 1.16. The molecule has 3 unspecified atom stereocenters. The Labute approximate surface area is 280 Å². The number of rotatable bonds is 8. The Kier molecular flexibility index (Phi) is 8.23. The van der Waals surface area contributed by atoms with Crippen molar-refractivity contribution in [3.8, 4) is 5.75 Å². The molecule has 0 radical (unpaired) electrons. The number of carbonyl (C=O) groups excluding carboxylic acids is 3. The van der Waals surface area contributed by atoms with E-state index in [-0.39, 0.29) is 53.0 Å². The van der Waals surface area contributed by atoms with Gasteiger partial charge in [0.2, 0.25) is 12.2 Å². The lowest BCUT2D eigenvalue weighted by Crippen LogP contribution is -2.56. The van der Waals surface area contributed by atoms with Gasteiger partial charge in [0, 0.05) is 24.7 Å². The second-order valence-electron chi connectivity index (χ2n) is 11.9. The predicted molar refractivity (Wildman–Crippen MR) is 163 cm³/mol. The maximum absolute atomic E-state index is 16.2. The third-order valence-corrected chi connectivity index (χ3v) is 9.35. The van der Waals surface area contributed by atoms with Gasteiger partial charge in [-0.15, -0.1) is 5.10 Å². The number of halogens is 5. The number of piperidine rings is 1. The molecule has 1 fully saturated rings. The van der Waals surface area contributed by atoms with E-state index in [9.17, 15) is 32.7 Å². The topological polar surface area (TPSA) is 144 Å². The zero-order valence-electron chi connectivity index (χ0n) is 25.5. The number of benzene rings is 1. The van der Waals surface area contributed by atoms with Gasteiger partial charge < -0.3 is 29.7 Å². The average molecular weight is 706 g/mol. The number of amides is 2. The summed E-state index contributed by atoms with van der Waals surface area (Å²) in [5.74, 6) is -1.09. The summed E-state index contributed by atoms with van der Waals surface area (Å²) in [6, 6.07) is 5.26. The number of carbonyl (C=O) groups is 3. The average Bonchev–Trinajstić information content (AvgIpc) is 3.46. The van der Waals surface area contributed by atoms with E-state index in [0.717, 1.165) is 17.7 Å². The number of alkyl halides is 4. The van der Waals surface area contributed by atoms with Crippen LogP contribution in [0.3, 0.4) is 0 Å². The molecule has 6 heterocycles. The summed E-state index contributed by atoms with van der Waals surface area (Å²) in [6.07, 6.45) is -3.02. The first-order valence-corrected chi connectivity index (χ1v) is 15.6. The lowest BCUT2D eigenvalue weighted by atomic mass is 9.83. The van der Waals surface area contributed by atoms with E-state index in [4.69, 9.17) is 21.1 Å². The van der Waals surface area contributed by atoms with Crippen molar-refractivity contribution in [2.75, 3.05) is 44.8 Å². The highest BCUT2D eigenvalue weighted by Gasteiger charge is 2.56.